The Morgan fingerprint density at radius 1 is 0.852 bits per heavy atom. The van der Waals surface area contributed by atoms with Crippen molar-refractivity contribution in [1.29, 1.82) is 0 Å². The van der Waals surface area contributed by atoms with Gasteiger partial charge in [0.25, 0.3) is 0 Å². The van der Waals surface area contributed by atoms with Crippen LogP contribution in [0, 0.1) is 58.2 Å². The molecule has 296 valence electrons. The Labute approximate surface area is 334 Å². The fourth-order valence-electron chi connectivity index (χ4n) is 11.0. The third-order valence-corrected chi connectivity index (χ3v) is 14.2. The molecule has 0 saturated heterocycles. The predicted molar refractivity (Wildman–Crippen MR) is 241 cm³/mol. The molecule has 3 aliphatic carbocycles. The van der Waals surface area contributed by atoms with E-state index in [0.29, 0.717) is 40.9 Å². The number of hydrogen-bond acceptors (Lipinski definition) is 0. The van der Waals surface area contributed by atoms with Gasteiger partial charge in [-0.1, -0.05) is 184 Å². The predicted octanol–water partition coefficient (Wildman–Crippen LogP) is 16.4. The topological polar surface area (TPSA) is 0 Å². The molecule has 0 heteroatoms. The molecule has 0 aromatic heterocycles. The van der Waals surface area contributed by atoms with Crippen LogP contribution < -0.4 is 0 Å². The van der Waals surface area contributed by atoms with E-state index in [9.17, 15) is 0 Å². The van der Waals surface area contributed by atoms with Gasteiger partial charge in [-0.05, 0) is 140 Å². The fraction of sp³-hybridized carbons (Fsp3) is 0.593. The molecule has 54 heavy (non-hydrogen) atoms. The van der Waals surface area contributed by atoms with E-state index in [0.717, 1.165) is 63.2 Å². The Morgan fingerprint density at radius 3 is 2.09 bits per heavy atom. The SMILES string of the molecule is C=CCCC(CC(=C)[C@H]1C(C(=C)C(CC(=C)CC(C)(C)C)C2CCCCC2)CC2C1C2(C)C)C(=C)C(=C)CCC(=C)C[C@H](C(=C)C(C)C)c1ccccc1. The number of fused-ring (bicyclic) bond motifs is 1. The quantitative estimate of drug-likeness (QED) is 0.0824. The zero-order valence-corrected chi connectivity index (χ0v) is 36.2. The van der Waals surface area contributed by atoms with Gasteiger partial charge >= 0.3 is 0 Å². The largest absolute Gasteiger partial charge is 0.103 e. The molecular weight excluding hydrogens is 649 g/mol. The number of rotatable bonds is 22. The molecule has 4 rings (SSSR count). The molecule has 0 nitrogen and oxygen atoms in total. The highest BCUT2D eigenvalue weighted by Crippen LogP contribution is 2.73. The second-order valence-corrected chi connectivity index (χ2v) is 20.3. The number of allylic oxidation sites excluding steroid dienone is 8. The van der Waals surface area contributed by atoms with Crippen molar-refractivity contribution in [1.82, 2.24) is 0 Å². The second kappa shape index (κ2) is 18.9. The molecule has 3 fully saturated rings. The summed E-state index contributed by atoms with van der Waals surface area (Å²) in [5, 5.41) is 0. The molecule has 0 aliphatic heterocycles. The van der Waals surface area contributed by atoms with E-state index in [1.165, 1.54) is 83.1 Å². The van der Waals surface area contributed by atoms with Gasteiger partial charge < -0.3 is 0 Å². The first kappa shape index (κ1) is 43.9. The van der Waals surface area contributed by atoms with E-state index in [1.54, 1.807) is 0 Å². The molecule has 0 spiro atoms. The molecule has 7 atom stereocenters. The van der Waals surface area contributed by atoms with Crippen LogP contribution in [0.4, 0.5) is 0 Å². The maximum atomic E-state index is 5.05. The summed E-state index contributed by atoms with van der Waals surface area (Å²) >= 11 is 0. The van der Waals surface area contributed by atoms with Crippen LogP contribution >= 0.6 is 0 Å². The van der Waals surface area contributed by atoms with Crippen molar-refractivity contribution in [2.75, 3.05) is 0 Å². The summed E-state index contributed by atoms with van der Waals surface area (Å²) in [7, 11) is 0. The number of benzene rings is 1. The van der Waals surface area contributed by atoms with Gasteiger partial charge in [0.2, 0.25) is 0 Å². The third-order valence-electron chi connectivity index (χ3n) is 14.2. The van der Waals surface area contributed by atoms with Crippen LogP contribution in [-0.2, 0) is 0 Å². The number of hydrogen-bond donors (Lipinski definition) is 0. The molecule has 3 aliphatic rings. The van der Waals surface area contributed by atoms with Gasteiger partial charge in [0, 0.05) is 5.92 Å². The van der Waals surface area contributed by atoms with Crippen molar-refractivity contribution in [2.45, 2.75) is 144 Å². The van der Waals surface area contributed by atoms with Crippen LogP contribution in [0.25, 0.3) is 0 Å². The van der Waals surface area contributed by atoms with Gasteiger partial charge in [-0.25, -0.2) is 0 Å². The maximum absolute atomic E-state index is 5.05. The summed E-state index contributed by atoms with van der Waals surface area (Å²) in [6.45, 7) is 53.8. The lowest BCUT2D eigenvalue weighted by atomic mass is 9.66. The highest BCUT2D eigenvalue weighted by Gasteiger charge is 2.67. The van der Waals surface area contributed by atoms with Gasteiger partial charge in [0.1, 0.15) is 0 Å². The van der Waals surface area contributed by atoms with Crippen molar-refractivity contribution in [3.8, 4) is 0 Å². The third kappa shape index (κ3) is 11.1. The van der Waals surface area contributed by atoms with Crippen molar-refractivity contribution >= 4 is 0 Å². The summed E-state index contributed by atoms with van der Waals surface area (Å²) in [5.41, 5.74) is 11.3. The van der Waals surface area contributed by atoms with E-state index < -0.39 is 0 Å². The minimum absolute atomic E-state index is 0.263. The van der Waals surface area contributed by atoms with Crippen LogP contribution in [0.1, 0.15) is 150 Å². The minimum Gasteiger partial charge on any atom is -0.103 e. The first-order valence-electron chi connectivity index (χ1n) is 21.8. The zero-order chi connectivity index (χ0) is 40.0. The zero-order valence-electron chi connectivity index (χ0n) is 36.2. The Hall–Kier alpha value is -2.86. The van der Waals surface area contributed by atoms with Crippen LogP contribution in [0.5, 0.6) is 0 Å². The summed E-state index contributed by atoms with van der Waals surface area (Å²) < 4.78 is 0. The average molecular weight is 729 g/mol. The smallest absolute Gasteiger partial charge is 0.00850 e. The standard InChI is InChI=1S/C54H80/c1-16-17-24-46(42(9)39(6)30-29-37(4)31-47(41(8)36(2)3)44-25-20-18-21-26-44)33-40(7)51-49(34-50-52(51)54(50,14)15)43(10)48(45-27-22-19-23-28-45)32-38(5)35-53(11,12)13/h16,18,20-21,25-26,36,45-52H,1,4-10,17,19,22-24,27-35H2,2-3,11-15H3/t46?,47-,48?,49?,50?,51+,52?/m1/s1. The first-order chi connectivity index (χ1) is 25.4. The van der Waals surface area contributed by atoms with Crippen LogP contribution in [0.2, 0.25) is 0 Å². The molecule has 1 aromatic rings. The molecule has 0 bridgehead atoms. The van der Waals surface area contributed by atoms with Crippen LogP contribution in [0.3, 0.4) is 0 Å². The summed E-state index contributed by atoms with van der Waals surface area (Å²) in [6.07, 6.45) is 18.1. The van der Waals surface area contributed by atoms with Crippen molar-refractivity contribution in [2.24, 2.45) is 58.2 Å². The van der Waals surface area contributed by atoms with Gasteiger partial charge in [0.05, 0.1) is 0 Å². The first-order valence-corrected chi connectivity index (χ1v) is 21.8. The van der Waals surface area contributed by atoms with Gasteiger partial charge in [-0.3, -0.25) is 0 Å². The van der Waals surface area contributed by atoms with Gasteiger partial charge in [-0.2, -0.15) is 0 Å². The molecular formula is C54H80. The Balaban J connectivity index is 1.47. The summed E-state index contributed by atoms with van der Waals surface area (Å²) in [4.78, 5) is 0. The Bertz CT molecular complexity index is 1520. The van der Waals surface area contributed by atoms with E-state index in [2.05, 4.69) is 118 Å². The monoisotopic (exact) mass is 729 g/mol. The Morgan fingerprint density at radius 2 is 1.50 bits per heavy atom. The van der Waals surface area contributed by atoms with E-state index in [1.807, 2.05) is 0 Å². The highest BCUT2D eigenvalue weighted by molar-refractivity contribution is 5.35. The van der Waals surface area contributed by atoms with Crippen molar-refractivity contribution in [3.05, 3.63) is 134 Å². The lowest BCUT2D eigenvalue weighted by Crippen LogP contribution is -2.29. The normalized spacial score (nSPS) is 23.9. The van der Waals surface area contributed by atoms with E-state index in [-0.39, 0.29) is 11.3 Å². The summed E-state index contributed by atoms with van der Waals surface area (Å²) in [5.74, 6) is 4.81. The lowest BCUT2D eigenvalue weighted by molar-refractivity contribution is 0.234. The average Bonchev–Trinajstić information content (AvgIpc) is 3.42. The Kier molecular flexibility index (Phi) is 15.3. The van der Waals surface area contributed by atoms with E-state index >= 15 is 0 Å². The molecule has 0 N–H and O–H groups in total. The molecule has 5 unspecified atom stereocenters. The van der Waals surface area contributed by atoms with Gasteiger partial charge in [0.15, 0.2) is 0 Å². The minimum atomic E-state index is 0.263. The van der Waals surface area contributed by atoms with Gasteiger partial charge in [-0.15, -0.1) is 6.58 Å². The maximum Gasteiger partial charge on any atom is 0.00850 e. The highest BCUT2D eigenvalue weighted by atomic mass is 14.7. The molecule has 0 amide bonds. The van der Waals surface area contributed by atoms with Crippen LogP contribution in [-0.4, -0.2) is 0 Å². The van der Waals surface area contributed by atoms with E-state index in [4.69, 9.17) is 19.7 Å². The molecule has 3 saturated carbocycles. The molecule has 1 aromatic carbocycles. The van der Waals surface area contributed by atoms with Crippen molar-refractivity contribution < 1.29 is 0 Å². The molecule has 0 heterocycles. The lowest BCUT2D eigenvalue weighted by Gasteiger charge is -2.39. The van der Waals surface area contributed by atoms with Crippen LogP contribution in [0.15, 0.2) is 128 Å². The second-order valence-electron chi connectivity index (χ2n) is 20.3. The fourth-order valence-corrected chi connectivity index (χ4v) is 11.0. The summed E-state index contributed by atoms with van der Waals surface area (Å²) in [6, 6.07) is 10.8. The molecule has 0 radical (unpaired) electrons. The van der Waals surface area contributed by atoms with Crippen molar-refractivity contribution in [3.63, 3.8) is 0 Å².